The Morgan fingerprint density at radius 3 is 2.16 bits per heavy atom. The van der Waals surface area contributed by atoms with Crippen LogP contribution in [0, 0.1) is 13.8 Å². The van der Waals surface area contributed by atoms with Crippen molar-refractivity contribution < 1.29 is 23.7 Å². The lowest BCUT2D eigenvalue weighted by molar-refractivity contribution is -0.118. The average Bonchev–Trinajstić information content (AvgIpc) is 2.62. The summed E-state index contributed by atoms with van der Waals surface area (Å²) in [5, 5.41) is 2.77. The minimum atomic E-state index is -0.282. The molecule has 0 radical (unpaired) electrons. The number of anilines is 1. The summed E-state index contributed by atoms with van der Waals surface area (Å²) in [6.45, 7) is 3.86. The zero-order valence-electron chi connectivity index (χ0n) is 15.1. The van der Waals surface area contributed by atoms with Crippen molar-refractivity contribution in [2.45, 2.75) is 13.8 Å². The maximum Gasteiger partial charge on any atom is 0.262 e. The number of rotatable bonds is 7. The van der Waals surface area contributed by atoms with Gasteiger partial charge in [0, 0.05) is 17.8 Å². The van der Waals surface area contributed by atoms with Crippen LogP contribution in [0.25, 0.3) is 0 Å². The average molecular weight is 345 g/mol. The summed E-state index contributed by atoms with van der Waals surface area (Å²) >= 11 is 0. The second-order valence-corrected chi connectivity index (χ2v) is 5.45. The summed E-state index contributed by atoms with van der Waals surface area (Å²) < 4.78 is 21.4. The summed E-state index contributed by atoms with van der Waals surface area (Å²) in [6.07, 6.45) is 0. The molecule has 0 saturated heterocycles. The van der Waals surface area contributed by atoms with Crippen LogP contribution in [0.5, 0.6) is 23.0 Å². The molecule has 0 aliphatic carbocycles. The number of carbonyl (C=O) groups is 1. The van der Waals surface area contributed by atoms with Crippen molar-refractivity contribution in [2.75, 3.05) is 33.3 Å². The van der Waals surface area contributed by atoms with Crippen molar-refractivity contribution in [1.29, 1.82) is 0 Å². The molecule has 0 spiro atoms. The van der Waals surface area contributed by atoms with E-state index in [4.69, 9.17) is 18.9 Å². The molecule has 2 aromatic carbocycles. The van der Waals surface area contributed by atoms with Crippen LogP contribution >= 0.6 is 0 Å². The number of ether oxygens (including phenoxy) is 4. The number of aryl methyl sites for hydroxylation is 1. The zero-order chi connectivity index (χ0) is 18.4. The molecular formula is C19H23NO5. The first-order valence-electron chi connectivity index (χ1n) is 7.79. The zero-order valence-corrected chi connectivity index (χ0v) is 15.1. The number of hydrogen-bond acceptors (Lipinski definition) is 5. The summed E-state index contributed by atoms with van der Waals surface area (Å²) in [5.41, 5.74) is 2.66. The highest BCUT2D eigenvalue weighted by Crippen LogP contribution is 2.39. The van der Waals surface area contributed by atoms with Crippen LogP contribution in [0.1, 0.15) is 11.1 Å². The van der Waals surface area contributed by atoms with E-state index in [-0.39, 0.29) is 12.5 Å². The molecule has 2 aromatic rings. The van der Waals surface area contributed by atoms with Crippen LogP contribution in [0.2, 0.25) is 0 Å². The lowest BCUT2D eigenvalue weighted by Gasteiger charge is -2.15. The summed E-state index contributed by atoms with van der Waals surface area (Å²) in [4.78, 5) is 12.2. The van der Waals surface area contributed by atoms with Crippen molar-refractivity contribution in [1.82, 2.24) is 0 Å². The van der Waals surface area contributed by atoms with Gasteiger partial charge in [-0.15, -0.1) is 0 Å². The smallest absolute Gasteiger partial charge is 0.262 e. The molecule has 0 aliphatic heterocycles. The second-order valence-electron chi connectivity index (χ2n) is 5.45. The Morgan fingerprint density at radius 1 is 0.960 bits per heavy atom. The molecule has 0 saturated carbocycles. The van der Waals surface area contributed by atoms with Gasteiger partial charge in [0.2, 0.25) is 5.75 Å². The molecule has 6 heteroatoms. The van der Waals surface area contributed by atoms with Gasteiger partial charge in [-0.3, -0.25) is 4.79 Å². The number of methoxy groups -OCH3 is 3. The molecule has 2 rings (SSSR count). The SMILES string of the molecule is COc1cc(NC(=O)COc2cccc(C)c2C)cc(OC)c1OC. The number of carbonyl (C=O) groups excluding carboxylic acids is 1. The lowest BCUT2D eigenvalue weighted by Crippen LogP contribution is -2.20. The van der Waals surface area contributed by atoms with E-state index >= 15 is 0 Å². The number of nitrogens with one attached hydrogen (secondary N) is 1. The van der Waals surface area contributed by atoms with Gasteiger partial charge in [-0.25, -0.2) is 0 Å². The maximum absolute atomic E-state index is 12.2. The molecule has 1 N–H and O–H groups in total. The van der Waals surface area contributed by atoms with E-state index in [9.17, 15) is 4.79 Å². The van der Waals surface area contributed by atoms with Crippen LogP contribution in [0.3, 0.4) is 0 Å². The quantitative estimate of drug-likeness (QED) is 0.834. The Morgan fingerprint density at radius 2 is 1.60 bits per heavy atom. The maximum atomic E-state index is 12.2. The van der Waals surface area contributed by atoms with E-state index in [2.05, 4.69) is 5.32 Å². The molecule has 0 fully saturated rings. The second kappa shape index (κ2) is 8.28. The summed E-state index contributed by atoms with van der Waals surface area (Å²) in [5.74, 6) is 1.81. The Labute approximate surface area is 147 Å². The molecule has 6 nitrogen and oxygen atoms in total. The van der Waals surface area contributed by atoms with Crippen LogP contribution in [-0.4, -0.2) is 33.8 Å². The van der Waals surface area contributed by atoms with E-state index in [0.717, 1.165) is 11.1 Å². The van der Waals surface area contributed by atoms with Gasteiger partial charge in [-0.2, -0.15) is 0 Å². The van der Waals surface area contributed by atoms with Crippen LogP contribution in [0.15, 0.2) is 30.3 Å². The van der Waals surface area contributed by atoms with Gasteiger partial charge < -0.3 is 24.3 Å². The minimum Gasteiger partial charge on any atom is -0.493 e. The molecule has 0 bridgehead atoms. The van der Waals surface area contributed by atoms with Gasteiger partial charge in [0.1, 0.15) is 5.75 Å². The molecule has 0 aromatic heterocycles. The number of amides is 1. The van der Waals surface area contributed by atoms with Crippen molar-refractivity contribution >= 4 is 11.6 Å². The first kappa shape index (κ1) is 18.4. The van der Waals surface area contributed by atoms with Crippen molar-refractivity contribution in [3.63, 3.8) is 0 Å². The fourth-order valence-electron chi connectivity index (χ4n) is 2.37. The van der Waals surface area contributed by atoms with Crippen molar-refractivity contribution in [3.05, 3.63) is 41.5 Å². The number of benzene rings is 2. The predicted octanol–water partition coefficient (Wildman–Crippen LogP) is 3.35. The Bertz CT molecular complexity index is 732. The molecule has 1 amide bonds. The summed E-state index contributed by atoms with van der Waals surface area (Å²) in [6, 6.07) is 9.07. The van der Waals surface area contributed by atoms with Gasteiger partial charge in [0.05, 0.1) is 21.3 Å². The first-order valence-corrected chi connectivity index (χ1v) is 7.79. The Balaban J connectivity index is 2.08. The first-order chi connectivity index (χ1) is 12.0. The van der Waals surface area contributed by atoms with Gasteiger partial charge >= 0.3 is 0 Å². The highest BCUT2D eigenvalue weighted by Gasteiger charge is 2.15. The third-order valence-corrected chi connectivity index (χ3v) is 3.86. The van der Waals surface area contributed by atoms with Crippen LogP contribution in [-0.2, 0) is 4.79 Å². The third kappa shape index (κ3) is 4.35. The highest BCUT2D eigenvalue weighted by molar-refractivity contribution is 5.92. The van der Waals surface area contributed by atoms with Crippen LogP contribution in [0.4, 0.5) is 5.69 Å². The van der Waals surface area contributed by atoms with E-state index < -0.39 is 0 Å². The van der Waals surface area contributed by atoms with Gasteiger partial charge in [0.25, 0.3) is 5.91 Å². The van der Waals surface area contributed by atoms with Crippen molar-refractivity contribution in [3.8, 4) is 23.0 Å². The fourth-order valence-corrected chi connectivity index (χ4v) is 2.37. The van der Waals surface area contributed by atoms with Crippen LogP contribution < -0.4 is 24.3 Å². The Kier molecular flexibility index (Phi) is 6.11. The molecule has 25 heavy (non-hydrogen) atoms. The van der Waals surface area contributed by atoms with E-state index in [1.54, 1.807) is 12.1 Å². The molecule has 0 unspecified atom stereocenters. The third-order valence-electron chi connectivity index (χ3n) is 3.86. The molecule has 0 heterocycles. The normalized spacial score (nSPS) is 10.1. The minimum absolute atomic E-state index is 0.0963. The van der Waals surface area contributed by atoms with Gasteiger partial charge in [-0.1, -0.05) is 12.1 Å². The molecule has 134 valence electrons. The Hall–Kier alpha value is -2.89. The summed E-state index contributed by atoms with van der Waals surface area (Å²) in [7, 11) is 4.57. The fraction of sp³-hybridized carbons (Fsp3) is 0.316. The topological polar surface area (TPSA) is 66.0 Å². The molecular weight excluding hydrogens is 322 g/mol. The monoisotopic (exact) mass is 345 g/mol. The van der Waals surface area contributed by atoms with E-state index in [1.807, 2.05) is 32.0 Å². The molecule has 0 aliphatic rings. The molecule has 0 atom stereocenters. The van der Waals surface area contributed by atoms with Gasteiger partial charge in [0.15, 0.2) is 18.1 Å². The highest BCUT2D eigenvalue weighted by atomic mass is 16.5. The predicted molar refractivity (Wildman–Crippen MR) is 96.1 cm³/mol. The van der Waals surface area contributed by atoms with E-state index in [1.165, 1.54) is 21.3 Å². The standard InChI is InChI=1S/C19H23NO5/c1-12-7-6-8-15(13(12)2)25-11-18(21)20-14-9-16(22-3)19(24-5)17(10-14)23-4/h6-10H,11H2,1-5H3,(H,20,21). The van der Waals surface area contributed by atoms with Gasteiger partial charge in [-0.05, 0) is 31.0 Å². The van der Waals surface area contributed by atoms with E-state index in [0.29, 0.717) is 28.7 Å². The lowest BCUT2D eigenvalue weighted by atomic mass is 10.1. The number of hydrogen-bond donors (Lipinski definition) is 1. The van der Waals surface area contributed by atoms with Crippen molar-refractivity contribution in [2.24, 2.45) is 0 Å². The largest absolute Gasteiger partial charge is 0.493 e.